The molecule has 0 amide bonds. The van der Waals surface area contributed by atoms with Gasteiger partial charge in [-0.15, -0.1) is 0 Å². The summed E-state index contributed by atoms with van der Waals surface area (Å²) in [5, 5.41) is 0. The molecule has 0 radical (unpaired) electrons. The third kappa shape index (κ3) is 2.64. The van der Waals surface area contributed by atoms with Crippen molar-refractivity contribution in [2.45, 2.75) is 30.2 Å². The molecule has 1 saturated heterocycles. The zero-order chi connectivity index (χ0) is 12.4. The van der Waals surface area contributed by atoms with Gasteiger partial charge in [0.25, 0.3) is 0 Å². The predicted molar refractivity (Wildman–Crippen MR) is 72.7 cm³/mol. The summed E-state index contributed by atoms with van der Waals surface area (Å²) in [6, 6.07) is 6.17. The molecule has 18 heavy (non-hydrogen) atoms. The molecule has 0 N–H and O–H groups in total. The van der Waals surface area contributed by atoms with Crippen LogP contribution in [0.1, 0.15) is 29.7 Å². The molecular formula is C14H17BrO3. The summed E-state index contributed by atoms with van der Waals surface area (Å²) >= 11 is 3.75. The molecule has 0 spiro atoms. The van der Waals surface area contributed by atoms with Crippen molar-refractivity contribution in [1.29, 1.82) is 0 Å². The maximum Gasteiger partial charge on any atom is 0.161 e. The number of rotatable bonds is 3. The largest absolute Gasteiger partial charge is 0.486 e. The fraction of sp³-hybridized carbons (Fsp3) is 0.571. The van der Waals surface area contributed by atoms with E-state index in [4.69, 9.17) is 14.2 Å². The van der Waals surface area contributed by atoms with Crippen molar-refractivity contribution in [3.63, 3.8) is 0 Å². The van der Waals surface area contributed by atoms with Crippen LogP contribution >= 0.6 is 15.9 Å². The van der Waals surface area contributed by atoms with Gasteiger partial charge in [0.2, 0.25) is 0 Å². The maximum atomic E-state index is 5.67. The minimum absolute atomic E-state index is 0.316. The summed E-state index contributed by atoms with van der Waals surface area (Å²) < 4.78 is 16.8. The predicted octanol–water partition coefficient (Wildman–Crippen LogP) is 3.46. The Morgan fingerprint density at radius 2 is 2.00 bits per heavy atom. The van der Waals surface area contributed by atoms with Gasteiger partial charge < -0.3 is 14.2 Å². The first-order valence-corrected chi connectivity index (χ1v) is 7.40. The van der Waals surface area contributed by atoms with E-state index >= 15 is 0 Å². The van der Waals surface area contributed by atoms with Crippen molar-refractivity contribution in [1.82, 2.24) is 0 Å². The molecule has 2 heterocycles. The third-order valence-corrected chi connectivity index (χ3v) is 4.32. The molecule has 2 atom stereocenters. The van der Waals surface area contributed by atoms with Crippen molar-refractivity contribution in [2.75, 3.05) is 19.8 Å². The van der Waals surface area contributed by atoms with E-state index < -0.39 is 0 Å². The van der Waals surface area contributed by atoms with Gasteiger partial charge in [0.1, 0.15) is 13.2 Å². The second kappa shape index (κ2) is 5.49. The first kappa shape index (κ1) is 12.3. The molecule has 1 aromatic carbocycles. The molecule has 3 rings (SSSR count). The highest BCUT2D eigenvalue weighted by atomic mass is 79.9. The van der Waals surface area contributed by atoms with E-state index in [1.165, 1.54) is 18.4 Å². The molecule has 2 unspecified atom stereocenters. The van der Waals surface area contributed by atoms with Gasteiger partial charge in [0, 0.05) is 11.4 Å². The van der Waals surface area contributed by atoms with Gasteiger partial charge in [-0.2, -0.15) is 0 Å². The van der Waals surface area contributed by atoms with Crippen LogP contribution in [0.2, 0.25) is 0 Å². The van der Waals surface area contributed by atoms with Crippen LogP contribution in [-0.4, -0.2) is 25.9 Å². The zero-order valence-corrected chi connectivity index (χ0v) is 11.8. The smallest absolute Gasteiger partial charge is 0.161 e. The molecule has 2 aliphatic rings. The van der Waals surface area contributed by atoms with Crippen molar-refractivity contribution in [3.8, 4) is 11.5 Å². The highest BCUT2D eigenvalue weighted by Crippen LogP contribution is 2.37. The Kier molecular flexibility index (Phi) is 3.75. The standard InChI is InChI=1S/C14H17BrO3/c15-12(9-11-2-1-5-16-11)10-3-4-13-14(8-10)18-7-6-17-13/h3-4,8,11-12H,1-2,5-7,9H2. The lowest BCUT2D eigenvalue weighted by Crippen LogP contribution is -2.15. The minimum atomic E-state index is 0.316. The number of fused-ring (bicyclic) bond motifs is 1. The number of ether oxygens (including phenoxy) is 3. The van der Waals surface area contributed by atoms with Crippen LogP contribution in [0.15, 0.2) is 18.2 Å². The van der Waals surface area contributed by atoms with E-state index in [1.807, 2.05) is 6.07 Å². The summed E-state index contributed by atoms with van der Waals surface area (Å²) in [5.74, 6) is 1.71. The Bertz CT molecular complexity index is 416. The number of alkyl halides is 1. The lowest BCUT2D eigenvalue weighted by Gasteiger charge is -2.21. The van der Waals surface area contributed by atoms with Gasteiger partial charge in [0.15, 0.2) is 11.5 Å². The average molecular weight is 313 g/mol. The van der Waals surface area contributed by atoms with E-state index in [2.05, 4.69) is 28.1 Å². The number of halogens is 1. The molecule has 0 aliphatic carbocycles. The summed E-state index contributed by atoms with van der Waals surface area (Å²) in [5.41, 5.74) is 1.23. The molecule has 1 fully saturated rings. The molecule has 4 heteroatoms. The molecular weight excluding hydrogens is 296 g/mol. The Morgan fingerprint density at radius 3 is 2.78 bits per heavy atom. The second-order valence-electron chi connectivity index (χ2n) is 4.74. The summed E-state index contributed by atoms with van der Waals surface area (Å²) in [6.07, 6.45) is 3.76. The molecule has 98 valence electrons. The van der Waals surface area contributed by atoms with Crippen LogP contribution in [0.5, 0.6) is 11.5 Å². The van der Waals surface area contributed by atoms with E-state index in [1.54, 1.807) is 0 Å². The van der Waals surface area contributed by atoms with Gasteiger partial charge in [-0.05, 0) is 37.0 Å². The Balaban J connectivity index is 1.70. The van der Waals surface area contributed by atoms with Gasteiger partial charge in [0.05, 0.1) is 6.10 Å². The SMILES string of the molecule is BrC(CC1CCCO1)c1ccc2c(c1)OCCO2. The van der Waals surface area contributed by atoms with Crippen LogP contribution in [0, 0.1) is 0 Å². The van der Waals surface area contributed by atoms with Crippen LogP contribution in [0.4, 0.5) is 0 Å². The van der Waals surface area contributed by atoms with Crippen molar-refractivity contribution >= 4 is 15.9 Å². The summed E-state index contributed by atoms with van der Waals surface area (Å²) in [4.78, 5) is 0.316. The molecule has 0 aromatic heterocycles. The van der Waals surface area contributed by atoms with Crippen molar-refractivity contribution in [2.24, 2.45) is 0 Å². The maximum absolute atomic E-state index is 5.67. The van der Waals surface area contributed by atoms with Gasteiger partial charge in [-0.3, -0.25) is 0 Å². The average Bonchev–Trinajstić information content (AvgIpc) is 2.91. The fourth-order valence-corrected chi connectivity index (χ4v) is 3.15. The molecule has 1 aromatic rings. The number of hydrogen-bond donors (Lipinski definition) is 0. The number of hydrogen-bond acceptors (Lipinski definition) is 3. The Morgan fingerprint density at radius 1 is 1.17 bits per heavy atom. The second-order valence-corrected chi connectivity index (χ2v) is 5.85. The molecule has 2 aliphatic heterocycles. The molecule has 3 nitrogen and oxygen atoms in total. The fourth-order valence-electron chi connectivity index (χ4n) is 2.45. The Hall–Kier alpha value is -0.740. The van der Waals surface area contributed by atoms with Crippen LogP contribution in [0.25, 0.3) is 0 Å². The topological polar surface area (TPSA) is 27.7 Å². The third-order valence-electron chi connectivity index (χ3n) is 3.42. The quantitative estimate of drug-likeness (QED) is 0.800. The zero-order valence-electron chi connectivity index (χ0n) is 10.2. The lowest BCUT2D eigenvalue weighted by molar-refractivity contribution is 0.104. The highest BCUT2D eigenvalue weighted by molar-refractivity contribution is 9.09. The van der Waals surface area contributed by atoms with Gasteiger partial charge in [-0.1, -0.05) is 22.0 Å². The first-order chi connectivity index (χ1) is 8.83. The Labute approximate surface area is 116 Å². The first-order valence-electron chi connectivity index (χ1n) is 6.48. The minimum Gasteiger partial charge on any atom is -0.486 e. The van der Waals surface area contributed by atoms with Crippen LogP contribution < -0.4 is 9.47 Å². The van der Waals surface area contributed by atoms with Crippen molar-refractivity contribution in [3.05, 3.63) is 23.8 Å². The monoisotopic (exact) mass is 312 g/mol. The lowest BCUT2D eigenvalue weighted by atomic mass is 10.0. The summed E-state index contributed by atoms with van der Waals surface area (Å²) in [6.45, 7) is 2.18. The van der Waals surface area contributed by atoms with Crippen LogP contribution in [0.3, 0.4) is 0 Å². The highest BCUT2D eigenvalue weighted by Gasteiger charge is 2.21. The van der Waals surface area contributed by atoms with Gasteiger partial charge >= 0.3 is 0 Å². The van der Waals surface area contributed by atoms with Crippen LogP contribution in [-0.2, 0) is 4.74 Å². The van der Waals surface area contributed by atoms with Crippen molar-refractivity contribution < 1.29 is 14.2 Å². The van der Waals surface area contributed by atoms with E-state index in [9.17, 15) is 0 Å². The molecule has 0 saturated carbocycles. The van der Waals surface area contributed by atoms with E-state index in [0.29, 0.717) is 24.1 Å². The molecule has 0 bridgehead atoms. The number of benzene rings is 1. The van der Waals surface area contributed by atoms with E-state index in [0.717, 1.165) is 24.5 Å². The van der Waals surface area contributed by atoms with Gasteiger partial charge in [-0.25, -0.2) is 0 Å². The summed E-state index contributed by atoms with van der Waals surface area (Å²) in [7, 11) is 0. The normalized spacial score (nSPS) is 23.9. The van der Waals surface area contributed by atoms with E-state index in [-0.39, 0.29) is 0 Å².